The molecular weight excluding hydrogens is 285 g/mol. The van der Waals surface area contributed by atoms with Crippen LogP contribution in [0.25, 0.3) is 0 Å². The molecule has 0 saturated heterocycles. The van der Waals surface area contributed by atoms with Crippen molar-refractivity contribution in [1.29, 1.82) is 0 Å². The van der Waals surface area contributed by atoms with Gasteiger partial charge in [-0.3, -0.25) is 0 Å². The van der Waals surface area contributed by atoms with Gasteiger partial charge in [0.1, 0.15) is 10.8 Å². The van der Waals surface area contributed by atoms with Crippen molar-refractivity contribution in [3.8, 4) is 0 Å². The van der Waals surface area contributed by atoms with Crippen molar-refractivity contribution in [2.45, 2.75) is 6.92 Å². The van der Waals surface area contributed by atoms with Crippen molar-refractivity contribution in [2.24, 2.45) is 5.73 Å². The Morgan fingerprint density at radius 2 is 1.80 bits per heavy atom. The Morgan fingerprint density at radius 3 is 2.45 bits per heavy atom. The van der Waals surface area contributed by atoms with Gasteiger partial charge < -0.3 is 11.1 Å². The standard InChI is InChI=1S/C14H11F3N2S/c1-7-2-3-9(14(18)20)11(4-7)19-12-6-8(15)5-10(16)13(12)17/h2-6,19H,1H3,(H2,18,20). The molecule has 0 aliphatic rings. The molecule has 3 N–H and O–H groups in total. The summed E-state index contributed by atoms with van der Waals surface area (Å²) < 4.78 is 40.0. The van der Waals surface area contributed by atoms with Gasteiger partial charge >= 0.3 is 0 Å². The van der Waals surface area contributed by atoms with Crippen molar-refractivity contribution >= 4 is 28.6 Å². The van der Waals surface area contributed by atoms with Crippen LogP contribution in [0.5, 0.6) is 0 Å². The number of rotatable bonds is 3. The fourth-order valence-electron chi connectivity index (χ4n) is 1.77. The second-order valence-corrected chi connectivity index (χ2v) is 4.73. The van der Waals surface area contributed by atoms with Crippen LogP contribution in [-0.2, 0) is 0 Å². The molecule has 20 heavy (non-hydrogen) atoms. The molecule has 104 valence electrons. The smallest absolute Gasteiger partial charge is 0.182 e. The Hall–Kier alpha value is -2.08. The molecule has 0 spiro atoms. The Morgan fingerprint density at radius 1 is 1.10 bits per heavy atom. The van der Waals surface area contributed by atoms with Crippen molar-refractivity contribution in [3.05, 3.63) is 58.9 Å². The maximum atomic E-state index is 13.6. The Bertz CT molecular complexity index is 686. The summed E-state index contributed by atoms with van der Waals surface area (Å²) in [4.78, 5) is 0.102. The van der Waals surface area contributed by atoms with Gasteiger partial charge in [0.05, 0.1) is 5.69 Å². The third kappa shape index (κ3) is 2.91. The molecule has 2 rings (SSSR count). The van der Waals surface area contributed by atoms with Gasteiger partial charge in [0.2, 0.25) is 0 Å². The summed E-state index contributed by atoms with van der Waals surface area (Å²) in [5, 5.41) is 2.62. The van der Waals surface area contributed by atoms with E-state index in [1.165, 1.54) is 0 Å². The third-order valence-corrected chi connectivity index (χ3v) is 2.92. The molecule has 0 aromatic heterocycles. The number of anilines is 2. The average molecular weight is 296 g/mol. The van der Waals surface area contributed by atoms with Crippen LogP contribution < -0.4 is 11.1 Å². The second kappa shape index (κ2) is 5.50. The number of thiocarbonyl (C=S) groups is 1. The number of benzene rings is 2. The zero-order valence-electron chi connectivity index (χ0n) is 10.5. The Labute approximate surface area is 119 Å². The second-order valence-electron chi connectivity index (χ2n) is 4.29. The lowest BCUT2D eigenvalue weighted by Gasteiger charge is -2.13. The van der Waals surface area contributed by atoms with Crippen LogP contribution in [0, 0.1) is 24.4 Å². The summed E-state index contributed by atoms with van der Waals surface area (Å²) in [6.45, 7) is 1.82. The van der Waals surface area contributed by atoms with Crippen molar-refractivity contribution in [3.63, 3.8) is 0 Å². The highest BCUT2D eigenvalue weighted by Gasteiger charge is 2.13. The van der Waals surface area contributed by atoms with Crippen LogP contribution in [0.2, 0.25) is 0 Å². The molecule has 0 bridgehead atoms. The SMILES string of the molecule is Cc1ccc(C(N)=S)c(Nc2cc(F)cc(F)c2F)c1. The van der Waals surface area contributed by atoms with Gasteiger partial charge in [-0.2, -0.15) is 0 Å². The van der Waals surface area contributed by atoms with Gasteiger partial charge in [0, 0.05) is 23.4 Å². The lowest BCUT2D eigenvalue weighted by molar-refractivity contribution is 0.498. The van der Waals surface area contributed by atoms with Gasteiger partial charge in [0.25, 0.3) is 0 Å². The minimum absolute atomic E-state index is 0.102. The first-order chi connectivity index (χ1) is 9.38. The molecule has 2 nitrogen and oxygen atoms in total. The average Bonchev–Trinajstić information content (AvgIpc) is 2.35. The van der Waals surface area contributed by atoms with E-state index in [9.17, 15) is 13.2 Å². The first-order valence-electron chi connectivity index (χ1n) is 5.70. The van der Waals surface area contributed by atoms with E-state index in [-0.39, 0.29) is 10.7 Å². The number of hydrogen-bond donors (Lipinski definition) is 2. The summed E-state index contributed by atoms with van der Waals surface area (Å²) in [6, 6.07) is 6.45. The summed E-state index contributed by atoms with van der Waals surface area (Å²) in [6.07, 6.45) is 0. The van der Waals surface area contributed by atoms with Gasteiger partial charge in [0.15, 0.2) is 11.6 Å². The van der Waals surface area contributed by atoms with Gasteiger partial charge in [-0.1, -0.05) is 18.3 Å². The van der Waals surface area contributed by atoms with Crippen LogP contribution >= 0.6 is 12.2 Å². The topological polar surface area (TPSA) is 38.0 Å². The van der Waals surface area contributed by atoms with Gasteiger partial charge in [-0.15, -0.1) is 0 Å². The largest absolute Gasteiger partial charge is 0.389 e. The predicted octanol–water partition coefficient (Wildman–Crippen LogP) is 3.79. The van der Waals surface area contributed by atoms with Crippen LogP contribution in [0.3, 0.4) is 0 Å². The van der Waals surface area contributed by atoms with E-state index in [4.69, 9.17) is 18.0 Å². The van der Waals surface area contributed by atoms with Crippen LogP contribution in [-0.4, -0.2) is 4.99 Å². The molecular formula is C14H11F3N2S. The predicted molar refractivity (Wildman–Crippen MR) is 76.7 cm³/mol. The third-order valence-electron chi connectivity index (χ3n) is 2.70. The first kappa shape index (κ1) is 14.3. The quantitative estimate of drug-likeness (QED) is 0.668. The fourth-order valence-corrected chi connectivity index (χ4v) is 1.95. The molecule has 0 aliphatic carbocycles. The number of hydrogen-bond acceptors (Lipinski definition) is 2. The minimum Gasteiger partial charge on any atom is -0.389 e. The monoisotopic (exact) mass is 296 g/mol. The molecule has 2 aromatic carbocycles. The van der Waals surface area contributed by atoms with E-state index >= 15 is 0 Å². The highest BCUT2D eigenvalue weighted by molar-refractivity contribution is 7.80. The number of nitrogens with two attached hydrogens (primary N) is 1. The summed E-state index contributed by atoms with van der Waals surface area (Å²) in [7, 11) is 0. The first-order valence-corrected chi connectivity index (χ1v) is 6.11. The normalized spacial score (nSPS) is 10.4. The van der Waals surface area contributed by atoms with E-state index < -0.39 is 17.5 Å². The molecule has 2 aromatic rings. The molecule has 0 amide bonds. The zero-order chi connectivity index (χ0) is 14.9. The number of nitrogens with one attached hydrogen (secondary N) is 1. The Balaban J connectivity index is 2.50. The van der Waals surface area contributed by atoms with Crippen molar-refractivity contribution in [1.82, 2.24) is 0 Å². The van der Waals surface area contributed by atoms with Crippen molar-refractivity contribution in [2.75, 3.05) is 5.32 Å². The maximum Gasteiger partial charge on any atom is 0.182 e. The lowest BCUT2D eigenvalue weighted by atomic mass is 10.1. The van der Waals surface area contributed by atoms with E-state index in [0.717, 1.165) is 11.6 Å². The highest BCUT2D eigenvalue weighted by Crippen LogP contribution is 2.26. The molecule has 0 heterocycles. The molecule has 0 unspecified atom stereocenters. The van der Waals surface area contributed by atoms with Gasteiger partial charge in [-0.25, -0.2) is 13.2 Å². The highest BCUT2D eigenvalue weighted by atomic mass is 32.1. The number of aryl methyl sites for hydroxylation is 1. The van der Waals surface area contributed by atoms with Gasteiger partial charge in [-0.05, 0) is 24.6 Å². The van der Waals surface area contributed by atoms with E-state index in [2.05, 4.69) is 5.32 Å². The molecule has 0 aliphatic heterocycles. The minimum atomic E-state index is -1.27. The van der Waals surface area contributed by atoms with Crippen LogP contribution in [0.1, 0.15) is 11.1 Å². The van der Waals surface area contributed by atoms with Crippen molar-refractivity contribution < 1.29 is 13.2 Å². The Kier molecular flexibility index (Phi) is 3.94. The summed E-state index contributed by atoms with van der Waals surface area (Å²) in [5.74, 6) is -3.31. The lowest BCUT2D eigenvalue weighted by Crippen LogP contribution is -2.12. The summed E-state index contributed by atoms with van der Waals surface area (Å²) in [5.41, 5.74) is 6.97. The summed E-state index contributed by atoms with van der Waals surface area (Å²) >= 11 is 4.89. The molecule has 0 fully saturated rings. The molecule has 0 atom stereocenters. The van der Waals surface area contributed by atoms with Crippen LogP contribution in [0.4, 0.5) is 24.5 Å². The van der Waals surface area contributed by atoms with E-state index in [0.29, 0.717) is 17.3 Å². The van der Waals surface area contributed by atoms with Crippen LogP contribution in [0.15, 0.2) is 30.3 Å². The molecule has 6 heteroatoms. The van der Waals surface area contributed by atoms with E-state index in [1.54, 1.807) is 18.2 Å². The molecule has 0 saturated carbocycles. The molecule has 0 radical (unpaired) electrons. The van der Waals surface area contributed by atoms with E-state index in [1.807, 2.05) is 6.92 Å². The fraction of sp³-hybridized carbons (Fsp3) is 0.0714. The maximum absolute atomic E-state index is 13.6. The zero-order valence-corrected chi connectivity index (χ0v) is 11.3. The number of halogens is 3.